The van der Waals surface area contributed by atoms with E-state index in [-0.39, 0.29) is 59.8 Å². The van der Waals surface area contributed by atoms with Crippen LogP contribution in [-0.2, 0) is 72.6 Å². The molecule has 1 heterocycles. The fourth-order valence-electron chi connectivity index (χ4n) is 9.19. The lowest BCUT2D eigenvalue weighted by atomic mass is 9.79. The zero-order valence-corrected chi connectivity index (χ0v) is 44.1. The third-order valence-electron chi connectivity index (χ3n) is 12.6. The average molecular weight is 1100 g/mol. The van der Waals surface area contributed by atoms with Crippen molar-refractivity contribution in [3.05, 3.63) is 131 Å². The molecule has 6 rings (SSSR count). The Labute approximate surface area is 425 Å². The van der Waals surface area contributed by atoms with E-state index in [9.17, 15) is 69.6 Å². The molecule has 1 amide bonds. The monoisotopic (exact) mass is 1100 g/mol. The molecule has 0 saturated heterocycles. The van der Waals surface area contributed by atoms with Crippen LogP contribution in [0.1, 0.15) is 82.1 Å². The first-order valence-electron chi connectivity index (χ1n) is 22.4. The van der Waals surface area contributed by atoms with Gasteiger partial charge >= 0.3 is 0 Å². The molecule has 0 bridgehead atoms. The van der Waals surface area contributed by atoms with E-state index in [4.69, 9.17) is 6.42 Å². The van der Waals surface area contributed by atoms with E-state index in [1.165, 1.54) is 18.2 Å². The predicted octanol–water partition coefficient (Wildman–Crippen LogP) is 7.71. The van der Waals surface area contributed by atoms with Gasteiger partial charge in [-0.2, -0.15) is 42.1 Å². The van der Waals surface area contributed by atoms with Gasteiger partial charge in [-0.25, -0.2) is 0 Å². The van der Waals surface area contributed by atoms with Gasteiger partial charge in [0.25, 0.3) is 50.6 Å². The number of hydrogen-bond acceptors (Lipinski definition) is 12. The minimum atomic E-state index is -5.07. The maximum atomic E-state index is 12.7. The molecule has 5 aromatic carbocycles. The maximum Gasteiger partial charge on any atom is 0.295 e. The van der Waals surface area contributed by atoms with Crippen molar-refractivity contribution in [2.24, 2.45) is 0 Å². The average Bonchev–Trinajstić information content (AvgIpc) is 3.50. The second kappa shape index (κ2) is 21.2. The first-order chi connectivity index (χ1) is 33.7. The topological polar surface area (TPSA) is 304 Å². The van der Waals surface area contributed by atoms with Gasteiger partial charge in [0, 0.05) is 40.5 Å². The molecule has 0 atom stereocenters. The Hall–Kier alpha value is -5.78. The van der Waals surface area contributed by atoms with Crippen LogP contribution in [0.5, 0.6) is 0 Å². The number of anilines is 1. The van der Waals surface area contributed by atoms with Crippen molar-refractivity contribution < 1.29 is 69.6 Å². The molecule has 390 valence electrons. The normalized spacial score (nSPS) is 15.3. The molecule has 0 aliphatic carbocycles. The van der Waals surface area contributed by atoms with Gasteiger partial charge in [-0.15, -0.1) is 6.42 Å². The highest BCUT2D eigenvalue weighted by molar-refractivity contribution is 7.87. The van der Waals surface area contributed by atoms with E-state index in [2.05, 4.69) is 11.2 Å². The molecular formula is C50H54N2O16S5. The number of carbonyl (C=O) groups is 1. The number of rotatable bonds is 20. The summed E-state index contributed by atoms with van der Waals surface area (Å²) in [5.74, 6) is 1.56. The summed E-state index contributed by atoms with van der Waals surface area (Å²) >= 11 is 0. The summed E-state index contributed by atoms with van der Waals surface area (Å²) in [6.45, 7) is 7.27. The Kier molecular flexibility index (Phi) is 16.4. The Morgan fingerprint density at radius 2 is 1.33 bits per heavy atom. The van der Waals surface area contributed by atoms with E-state index >= 15 is 0 Å². The maximum absolute atomic E-state index is 12.7. The summed E-state index contributed by atoms with van der Waals surface area (Å²) in [5.41, 5.74) is 1.94. The van der Waals surface area contributed by atoms with Crippen molar-refractivity contribution in [2.45, 2.75) is 96.6 Å². The lowest BCUT2D eigenvalue weighted by Crippen LogP contribution is -2.28. The van der Waals surface area contributed by atoms with Gasteiger partial charge in [0.2, 0.25) is 5.91 Å². The van der Waals surface area contributed by atoms with Crippen molar-refractivity contribution in [3.63, 3.8) is 0 Å². The van der Waals surface area contributed by atoms with Crippen molar-refractivity contribution in [1.29, 1.82) is 0 Å². The lowest BCUT2D eigenvalue weighted by molar-refractivity contribution is -0.120. The summed E-state index contributed by atoms with van der Waals surface area (Å²) < 4.78 is 174. The minimum absolute atomic E-state index is 0.0131. The molecular weight excluding hydrogens is 1040 g/mol. The van der Waals surface area contributed by atoms with Crippen LogP contribution in [0.3, 0.4) is 0 Å². The van der Waals surface area contributed by atoms with Crippen LogP contribution in [-0.4, -0.2) is 89.6 Å². The van der Waals surface area contributed by atoms with E-state index in [1.807, 2.05) is 50.3 Å². The van der Waals surface area contributed by atoms with Gasteiger partial charge in [0.1, 0.15) is 9.79 Å². The molecule has 23 heteroatoms. The SMILES string of the molecule is C#CCNC(=O)CCCCc1cccc(C(=C\C=C2\N(CCCS(=O)(=O)O)c3ccc4c(S(=O)(=O)O)cc(S(=O)(=O)O)cc4c3C2(C)C)/C=C/CC(C)(C)c2cccc3c(S(=O)(=O)O)cc(S(=O)(=O)O)cc23)c1. The lowest BCUT2D eigenvalue weighted by Gasteiger charge is -2.27. The van der Waals surface area contributed by atoms with Gasteiger partial charge < -0.3 is 10.2 Å². The number of allylic oxidation sites excluding steroid dienone is 6. The minimum Gasteiger partial charge on any atom is -0.345 e. The van der Waals surface area contributed by atoms with Gasteiger partial charge in [-0.05, 0) is 113 Å². The largest absolute Gasteiger partial charge is 0.345 e. The van der Waals surface area contributed by atoms with E-state index in [0.29, 0.717) is 65.0 Å². The van der Waals surface area contributed by atoms with Gasteiger partial charge in [-0.1, -0.05) is 100 Å². The quantitative estimate of drug-likeness (QED) is 0.0188. The number of hydrogen-bond donors (Lipinski definition) is 6. The fourth-order valence-corrected chi connectivity index (χ4v) is 12.4. The number of nitrogens with one attached hydrogen (secondary N) is 1. The van der Waals surface area contributed by atoms with Crippen LogP contribution in [0.15, 0.2) is 128 Å². The van der Waals surface area contributed by atoms with Crippen LogP contribution >= 0.6 is 0 Å². The fraction of sp³-hybridized carbons (Fsp3) is 0.300. The molecule has 5 aromatic rings. The van der Waals surface area contributed by atoms with E-state index in [1.54, 1.807) is 43.0 Å². The number of benzene rings is 5. The van der Waals surface area contributed by atoms with E-state index < -0.39 is 86.8 Å². The molecule has 0 radical (unpaired) electrons. The number of nitrogens with zero attached hydrogens (tertiary/aromatic N) is 1. The van der Waals surface area contributed by atoms with Crippen LogP contribution in [0, 0.1) is 12.3 Å². The molecule has 1 aliphatic rings. The molecule has 0 aromatic heterocycles. The summed E-state index contributed by atoms with van der Waals surface area (Å²) in [6.07, 6.45) is 14.7. The highest BCUT2D eigenvalue weighted by Crippen LogP contribution is 2.52. The number of unbranched alkanes of at least 4 members (excludes halogenated alkanes) is 1. The van der Waals surface area contributed by atoms with Gasteiger partial charge in [0.15, 0.2) is 0 Å². The molecule has 0 unspecified atom stereocenters. The second-order valence-electron chi connectivity index (χ2n) is 18.7. The number of carbonyl (C=O) groups excluding carboxylic acids is 1. The van der Waals surface area contributed by atoms with Crippen molar-refractivity contribution in [2.75, 3.05) is 23.7 Å². The van der Waals surface area contributed by atoms with Crippen molar-refractivity contribution in [3.8, 4) is 12.3 Å². The molecule has 0 spiro atoms. The number of aryl methyl sites for hydroxylation is 1. The summed E-state index contributed by atoms with van der Waals surface area (Å²) in [7, 11) is -24.4. The smallest absolute Gasteiger partial charge is 0.295 e. The third-order valence-corrected chi connectivity index (χ3v) is 16.9. The molecule has 73 heavy (non-hydrogen) atoms. The molecule has 0 saturated carbocycles. The van der Waals surface area contributed by atoms with Crippen LogP contribution < -0.4 is 10.2 Å². The highest BCUT2D eigenvalue weighted by atomic mass is 32.2. The Balaban J connectivity index is 1.52. The Morgan fingerprint density at radius 3 is 1.92 bits per heavy atom. The zero-order valence-electron chi connectivity index (χ0n) is 40.0. The van der Waals surface area contributed by atoms with Crippen LogP contribution in [0.4, 0.5) is 5.69 Å². The van der Waals surface area contributed by atoms with Crippen molar-refractivity contribution >= 4 is 89.3 Å². The van der Waals surface area contributed by atoms with E-state index in [0.717, 1.165) is 17.7 Å². The van der Waals surface area contributed by atoms with Crippen LogP contribution in [0.25, 0.3) is 27.1 Å². The highest BCUT2D eigenvalue weighted by Gasteiger charge is 2.42. The standard InChI is InChI=1S/C50H54N2O16S5/c1-6-25-51-47(53)19-8-7-13-33-14-9-15-35(28-33)34(16-11-24-49(2,3)42-18-10-17-38-40(42)29-36(70(57,58)59)31-44(38)72(63,64)65)20-23-46-50(4,5)48-41-30-37(71(60,61)62)32-45(73(66,67)68)39(41)21-22-43(48)52(46)26-12-27-69(54,55)56/h1,9-11,14-18,20-23,28-32H,7-8,12-13,19,24-27H2,2-5H3,(H,51,53)(H,54,55,56)(H,57,58,59)(H,60,61,62)(H,63,64,65)(H,66,67,68)/b16-11+,34-20-,46-23+. The molecule has 6 N–H and O–H groups in total. The molecule has 18 nitrogen and oxygen atoms in total. The Bertz CT molecular complexity index is 3760. The third kappa shape index (κ3) is 13.3. The predicted molar refractivity (Wildman–Crippen MR) is 277 cm³/mol. The first-order valence-corrected chi connectivity index (χ1v) is 29.8. The Morgan fingerprint density at radius 1 is 0.726 bits per heavy atom. The van der Waals surface area contributed by atoms with Gasteiger partial charge in [0.05, 0.1) is 22.1 Å². The number of amides is 1. The molecule has 1 aliphatic heterocycles. The number of terminal acetylenes is 1. The van der Waals surface area contributed by atoms with Crippen LogP contribution in [0.2, 0.25) is 0 Å². The first kappa shape index (κ1) is 56.5. The molecule has 0 fully saturated rings. The second-order valence-corrected chi connectivity index (χ2v) is 25.9. The summed E-state index contributed by atoms with van der Waals surface area (Å²) in [6, 6.07) is 18.6. The number of fused-ring (bicyclic) bond motifs is 4. The summed E-state index contributed by atoms with van der Waals surface area (Å²) in [5, 5.41) is 2.77. The van der Waals surface area contributed by atoms with Gasteiger partial charge in [-0.3, -0.25) is 27.6 Å². The van der Waals surface area contributed by atoms with Crippen molar-refractivity contribution in [1.82, 2.24) is 5.32 Å². The zero-order chi connectivity index (χ0) is 54.1. The summed E-state index contributed by atoms with van der Waals surface area (Å²) in [4.78, 5) is 10.9.